The Morgan fingerprint density at radius 3 is 2.41 bits per heavy atom. The smallest absolute Gasteiger partial charge is 0.306 e. The number of aryl methyl sites for hydroxylation is 3. The van der Waals surface area contributed by atoms with Gasteiger partial charge in [-0.25, -0.2) is 0 Å². The zero-order valence-electron chi connectivity index (χ0n) is 16.1. The molecule has 0 bridgehead atoms. The van der Waals surface area contributed by atoms with E-state index in [0.29, 0.717) is 17.7 Å². The van der Waals surface area contributed by atoms with Gasteiger partial charge in [0.05, 0.1) is 0 Å². The van der Waals surface area contributed by atoms with Crippen LogP contribution in [0.15, 0.2) is 23.0 Å². The van der Waals surface area contributed by atoms with Gasteiger partial charge in [0, 0.05) is 12.1 Å². The molecule has 0 radical (unpaired) electrons. The van der Waals surface area contributed by atoms with Gasteiger partial charge in [-0.05, 0) is 68.5 Å². The number of carbonyl (C=O) groups excluding carboxylic acids is 1. The minimum absolute atomic E-state index is 0.0887. The lowest BCUT2D eigenvalue weighted by atomic mass is 9.99. The number of aromatic amines is 1. The zero-order valence-corrected chi connectivity index (χ0v) is 16.1. The minimum atomic E-state index is -0.401. The van der Waals surface area contributed by atoms with Gasteiger partial charge < -0.3 is 14.5 Å². The van der Waals surface area contributed by atoms with Crippen molar-refractivity contribution >= 4 is 5.97 Å². The number of rotatable bonds is 7. The number of carbonyl (C=O) groups is 1. The molecule has 0 fully saturated rings. The van der Waals surface area contributed by atoms with Crippen molar-refractivity contribution in [3.63, 3.8) is 0 Å². The van der Waals surface area contributed by atoms with Crippen LogP contribution in [-0.4, -0.2) is 24.2 Å². The molecule has 6 heteroatoms. The van der Waals surface area contributed by atoms with Crippen molar-refractivity contribution in [2.45, 2.75) is 40.5 Å². The molecule has 0 saturated heterocycles. The third-order valence-corrected chi connectivity index (χ3v) is 4.31. The monoisotopic (exact) mass is 368 g/mol. The Morgan fingerprint density at radius 1 is 1.11 bits per heavy atom. The molecule has 0 spiro atoms. The first-order chi connectivity index (χ1) is 12.8. The van der Waals surface area contributed by atoms with Crippen LogP contribution in [0.4, 0.5) is 0 Å². The van der Waals surface area contributed by atoms with Crippen LogP contribution in [0, 0.1) is 39.0 Å². The van der Waals surface area contributed by atoms with Crippen LogP contribution in [0.5, 0.6) is 5.75 Å². The molecule has 0 saturated carbocycles. The van der Waals surface area contributed by atoms with Gasteiger partial charge in [-0.2, -0.15) is 5.26 Å². The highest BCUT2D eigenvalue weighted by Gasteiger charge is 2.13. The molecule has 27 heavy (non-hydrogen) atoms. The highest BCUT2D eigenvalue weighted by Crippen LogP contribution is 2.17. The summed E-state index contributed by atoms with van der Waals surface area (Å²) in [6, 6.07) is 7.84. The lowest BCUT2D eigenvalue weighted by molar-refractivity contribution is -0.144. The van der Waals surface area contributed by atoms with Crippen LogP contribution in [0.2, 0.25) is 0 Å². The first-order valence-corrected chi connectivity index (χ1v) is 8.81. The van der Waals surface area contributed by atoms with Gasteiger partial charge in [-0.3, -0.25) is 9.59 Å². The van der Waals surface area contributed by atoms with Gasteiger partial charge >= 0.3 is 5.97 Å². The Labute approximate surface area is 158 Å². The summed E-state index contributed by atoms with van der Waals surface area (Å²) in [5.41, 5.74) is 4.01. The Morgan fingerprint density at radius 2 is 1.78 bits per heavy atom. The Bertz CT molecular complexity index is 918. The maximum absolute atomic E-state index is 12.0. The number of aromatic nitrogens is 1. The van der Waals surface area contributed by atoms with Crippen molar-refractivity contribution < 1.29 is 14.3 Å². The fourth-order valence-electron chi connectivity index (χ4n) is 3.05. The summed E-state index contributed by atoms with van der Waals surface area (Å²) in [6.07, 6.45) is 0.571. The van der Waals surface area contributed by atoms with E-state index in [1.165, 1.54) is 0 Å². The van der Waals surface area contributed by atoms with E-state index < -0.39 is 5.56 Å². The minimum Gasteiger partial charge on any atom is -0.490 e. The summed E-state index contributed by atoms with van der Waals surface area (Å²) in [5, 5.41) is 9.09. The normalized spacial score (nSPS) is 10.3. The van der Waals surface area contributed by atoms with E-state index in [1.54, 1.807) is 13.8 Å². The molecule has 2 aromatic rings. The Balaban J connectivity index is 1.83. The summed E-state index contributed by atoms with van der Waals surface area (Å²) < 4.78 is 10.8. The van der Waals surface area contributed by atoms with Gasteiger partial charge in [0.1, 0.15) is 30.6 Å². The molecule has 0 aliphatic heterocycles. The van der Waals surface area contributed by atoms with Crippen LogP contribution in [0.1, 0.15) is 39.9 Å². The zero-order chi connectivity index (χ0) is 20.0. The lowest BCUT2D eigenvalue weighted by Gasteiger charge is -2.11. The molecule has 1 aromatic carbocycles. The molecule has 0 atom stereocenters. The molecule has 6 nitrogen and oxygen atoms in total. The van der Waals surface area contributed by atoms with Crippen molar-refractivity contribution in [2.75, 3.05) is 13.2 Å². The SMILES string of the molecule is Cc1cc(C)cc(OCCOC(=O)CCc2c(C)[nH]c(=O)c(C#N)c2C)c1. The van der Waals surface area contributed by atoms with Crippen molar-refractivity contribution in [3.8, 4) is 11.8 Å². The van der Waals surface area contributed by atoms with Crippen molar-refractivity contribution in [3.05, 3.63) is 62.1 Å². The molecule has 1 heterocycles. The highest BCUT2D eigenvalue weighted by atomic mass is 16.6. The second-order valence-corrected chi connectivity index (χ2v) is 6.56. The van der Waals surface area contributed by atoms with E-state index in [9.17, 15) is 9.59 Å². The average Bonchev–Trinajstić information content (AvgIpc) is 2.57. The maximum atomic E-state index is 12.0. The number of nitrogens with one attached hydrogen (secondary N) is 1. The highest BCUT2D eigenvalue weighted by molar-refractivity contribution is 5.69. The number of nitriles is 1. The van der Waals surface area contributed by atoms with Crippen molar-refractivity contribution in [1.29, 1.82) is 5.26 Å². The van der Waals surface area contributed by atoms with E-state index >= 15 is 0 Å². The largest absolute Gasteiger partial charge is 0.490 e. The third kappa shape index (κ3) is 5.45. The Kier molecular flexibility index (Phi) is 6.78. The van der Waals surface area contributed by atoms with Crippen molar-refractivity contribution in [1.82, 2.24) is 4.98 Å². The first-order valence-electron chi connectivity index (χ1n) is 8.81. The van der Waals surface area contributed by atoms with Crippen LogP contribution >= 0.6 is 0 Å². The molecule has 2 rings (SSSR count). The van der Waals surface area contributed by atoms with E-state index in [0.717, 1.165) is 22.4 Å². The van der Waals surface area contributed by atoms with Crippen LogP contribution in [0.3, 0.4) is 0 Å². The van der Waals surface area contributed by atoms with Gasteiger partial charge in [0.25, 0.3) is 5.56 Å². The number of benzene rings is 1. The lowest BCUT2D eigenvalue weighted by Crippen LogP contribution is -2.18. The number of H-pyrrole nitrogens is 1. The van der Waals surface area contributed by atoms with Gasteiger partial charge in [-0.1, -0.05) is 6.07 Å². The summed E-state index contributed by atoms with van der Waals surface area (Å²) >= 11 is 0. The second kappa shape index (κ2) is 9.04. The molecular formula is C21H24N2O4. The predicted octanol–water partition coefficient (Wildman–Crippen LogP) is 3.04. The van der Waals surface area contributed by atoms with Crippen molar-refractivity contribution in [2.24, 2.45) is 0 Å². The van der Waals surface area contributed by atoms with E-state index in [2.05, 4.69) is 11.1 Å². The molecule has 142 valence electrons. The maximum Gasteiger partial charge on any atom is 0.306 e. The molecule has 0 aliphatic carbocycles. The molecule has 1 aromatic heterocycles. The first kappa shape index (κ1) is 20.2. The predicted molar refractivity (Wildman–Crippen MR) is 102 cm³/mol. The summed E-state index contributed by atoms with van der Waals surface area (Å²) in [4.78, 5) is 26.3. The van der Waals surface area contributed by atoms with E-state index in [1.807, 2.05) is 32.0 Å². The van der Waals surface area contributed by atoms with Gasteiger partial charge in [0.15, 0.2) is 0 Å². The molecule has 1 N–H and O–H groups in total. The second-order valence-electron chi connectivity index (χ2n) is 6.56. The van der Waals surface area contributed by atoms with Gasteiger partial charge in [0.2, 0.25) is 0 Å². The van der Waals surface area contributed by atoms with Gasteiger partial charge in [-0.15, -0.1) is 0 Å². The fraction of sp³-hybridized carbons (Fsp3) is 0.381. The standard InChI is InChI=1S/C21H24N2O4/c1-13-9-14(2)11-17(10-13)26-7-8-27-20(24)6-5-18-15(3)19(12-22)21(25)23-16(18)4/h9-11H,5-8H2,1-4H3,(H,23,25). The number of nitrogens with zero attached hydrogens (tertiary/aromatic N) is 1. The molecule has 0 amide bonds. The Hall–Kier alpha value is -3.07. The molecule has 0 aliphatic rings. The summed E-state index contributed by atoms with van der Waals surface area (Å²) in [6.45, 7) is 7.92. The number of hydrogen-bond donors (Lipinski definition) is 1. The fourth-order valence-corrected chi connectivity index (χ4v) is 3.05. The van der Waals surface area contributed by atoms with Crippen LogP contribution < -0.4 is 10.3 Å². The number of hydrogen-bond acceptors (Lipinski definition) is 5. The number of pyridine rings is 1. The topological polar surface area (TPSA) is 92.2 Å². The number of ether oxygens (including phenoxy) is 2. The molecule has 0 unspecified atom stereocenters. The van der Waals surface area contributed by atoms with E-state index in [-0.39, 0.29) is 31.2 Å². The van der Waals surface area contributed by atoms with Crippen LogP contribution in [-0.2, 0) is 16.0 Å². The third-order valence-electron chi connectivity index (χ3n) is 4.31. The summed E-state index contributed by atoms with van der Waals surface area (Å²) in [5.74, 6) is 0.412. The molecular weight excluding hydrogens is 344 g/mol. The van der Waals surface area contributed by atoms with E-state index in [4.69, 9.17) is 14.7 Å². The summed E-state index contributed by atoms with van der Waals surface area (Å²) in [7, 11) is 0. The number of esters is 1. The average molecular weight is 368 g/mol. The quantitative estimate of drug-likeness (QED) is 0.599. The van der Waals surface area contributed by atoms with Crippen LogP contribution in [0.25, 0.3) is 0 Å².